The summed E-state index contributed by atoms with van der Waals surface area (Å²) in [5.74, 6) is -0.442. The topological polar surface area (TPSA) is 98.0 Å². The molecule has 0 saturated carbocycles. The lowest BCUT2D eigenvalue weighted by atomic mass is 9.93. The van der Waals surface area contributed by atoms with Crippen LogP contribution in [0.25, 0.3) is 0 Å². The number of rotatable bonds is 4. The summed E-state index contributed by atoms with van der Waals surface area (Å²) in [5.41, 5.74) is 0.168. The molecule has 1 N–H and O–H groups in total. The molecular formula is C14H16N4O3S. The number of hydrogen-bond donors (Lipinski definition) is 1. The highest BCUT2D eigenvalue weighted by Gasteiger charge is 2.17. The van der Waals surface area contributed by atoms with Gasteiger partial charge in [0.1, 0.15) is 5.01 Å². The molecule has 0 atom stereocenters. The Morgan fingerprint density at radius 3 is 2.73 bits per heavy atom. The van der Waals surface area contributed by atoms with Crippen LogP contribution in [0, 0.1) is 15.5 Å². The van der Waals surface area contributed by atoms with Gasteiger partial charge in [-0.05, 0) is 11.5 Å². The predicted octanol–water partition coefficient (Wildman–Crippen LogP) is 3.29. The molecule has 1 aromatic carbocycles. The summed E-state index contributed by atoms with van der Waals surface area (Å²) < 4.78 is 0. The van der Waals surface area contributed by atoms with Gasteiger partial charge in [-0.25, -0.2) is 0 Å². The quantitative estimate of drug-likeness (QED) is 0.688. The number of nitro groups is 1. The zero-order valence-electron chi connectivity index (χ0n) is 12.5. The minimum atomic E-state index is -0.539. The first-order chi connectivity index (χ1) is 10.2. The second-order valence-electron chi connectivity index (χ2n) is 6.00. The number of non-ortho nitro benzene ring substituents is 1. The Morgan fingerprint density at radius 2 is 2.09 bits per heavy atom. The van der Waals surface area contributed by atoms with Crippen LogP contribution in [0.2, 0.25) is 0 Å². The summed E-state index contributed by atoms with van der Waals surface area (Å²) in [6.45, 7) is 6.28. The van der Waals surface area contributed by atoms with Crippen molar-refractivity contribution < 1.29 is 9.72 Å². The first kappa shape index (κ1) is 16.0. The van der Waals surface area contributed by atoms with Crippen molar-refractivity contribution in [2.75, 3.05) is 5.32 Å². The number of benzene rings is 1. The van der Waals surface area contributed by atoms with E-state index in [-0.39, 0.29) is 16.7 Å². The van der Waals surface area contributed by atoms with E-state index in [2.05, 4.69) is 36.3 Å². The highest BCUT2D eigenvalue weighted by atomic mass is 32.1. The van der Waals surface area contributed by atoms with Crippen LogP contribution < -0.4 is 5.32 Å². The summed E-state index contributed by atoms with van der Waals surface area (Å²) in [5, 5.41) is 22.5. The van der Waals surface area contributed by atoms with Gasteiger partial charge in [-0.3, -0.25) is 20.2 Å². The number of hydrogen-bond acceptors (Lipinski definition) is 6. The van der Waals surface area contributed by atoms with Gasteiger partial charge < -0.3 is 0 Å². The van der Waals surface area contributed by atoms with Gasteiger partial charge in [0.25, 0.3) is 11.6 Å². The molecule has 0 aliphatic carbocycles. The third-order valence-corrected chi connectivity index (χ3v) is 3.53. The van der Waals surface area contributed by atoms with Crippen LogP contribution in [0.5, 0.6) is 0 Å². The predicted molar refractivity (Wildman–Crippen MR) is 84.1 cm³/mol. The van der Waals surface area contributed by atoms with Crippen molar-refractivity contribution in [3.05, 3.63) is 45.0 Å². The fraction of sp³-hybridized carbons (Fsp3) is 0.357. The molecule has 1 aromatic heterocycles. The van der Waals surface area contributed by atoms with E-state index in [0.29, 0.717) is 5.13 Å². The largest absolute Gasteiger partial charge is 0.296 e. The molecule has 1 heterocycles. The Balaban J connectivity index is 2.09. The van der Waals surface area contributed by atoms with Gasteiger partial charge in [-0.1, -0.05) is 38.2 Å². The van der Waals surface area contributed by atoms with Crippen molar-refractivity contribution in [1.82, 2.24) is 10.2 Å². The number of aromatic nitrogens is 2. The van der Waals surface area contributed by atoms with Crippen LogP contribution in [0.4, 0.5) is 10.8 Å². The van der Waals surface area contributed by atoms with E-state index in [1.165, 1.54) is 35.6 Å². The van der Waals surface area contributed by atoms with Gasteiger partial charge in [0.05, 0.1) is 4.92 Å². The maximum absolute atomic E-state index is 12.1. The van der Waals surface area contributed by atoms with Crippen molar-refractivity contribution in [1.29, 1.82) is 0 Å². The van der Waals surface area contributed by atoms with Crippen molar-refractivity contribution in [2.45, 2.75) is 27.2 Å². The normalized spacial score (nSPS) is 11.2. The molecule has 0 bridgehead atoms. The van der Waals surface area contributed by atoms with Crippen LogP contribution >= 0.6 is 11.3 Å². The summed E-state index contributed by atoms with van der Waals surface area (Å²) >= 11 is 1.31. The highest BCUT2D eigenvalue weighted by molar-refractivity contribution is 7.15. The SMILES string of the molecule is CC(C)(C)Cc1nnc(NC(=O)c2cccc([N+](=O)[O-])c2)s1. The molecule has 7 nitrogen and oxygen atoms in total. The van der Waals surface area contributed by atoms with E-state index in [0.717, 1.165) is 11.4 Å². The molecule has 2 aromatic rings. The monoisotopic (exact) mass is 320 g/mol. The van der Waals surface area contributed by atoms with Crippen molar-refractivity contribution in [3.8, 4) is 0 Å². The lowest BCUT2D eigenvalue weighted by Crippen LogP contribution is -2.11. The van der Waals surface area contributed by atoms with Gasteiger partial charge >= 0.3 is 0 Å². The molecule has 0 fully saturated rings. The van der Waals surface area contributed by atoms with E-state index in [9.17, 15) is 14.9 Å². The fourth-order valence-corrected chi connectivity index (χ4v) is 2.79. The van der Waals surface area contributed by atoms with E-state index < -0.39 is 10.8 Å². The molecule has 2 rings (SSSR count). The van der Waals surface area contributed by atoms with Crippen molar-refractivity contribution in [3.63, 3.8) is 0 Å². The van der Waals surface area contributed by atoms with Crippen molar-refractivity contribution >= 4 is 28.1 Å². The highest BCUT2D eigenvalue weighted by Crippen LogP contribution is 2.25. The fourth-order valence-electron chi connectivity index (χ4n) is 1.76. The number of nitrogens with zero attached hydrogens (tertiary/aromatic N) is 3. The molecule has 0 saturated heterocycles. The van der Waals surface area contributed by atoms with Gasteiger partial charge in [0.15, 0.2) is 0 Å². The van der Waals surface area contributed by atoms with Crippen LogP contribution in [0.3, 0.4) is 0 Å². The molecule has 22 heavy (non-hydrogen) atoms. The molecule has 0 aliphatic heterocycles. The number of anilines is 1. The van der Waals surface area contributed by atoms with Gasteiger partial charge in [0.2, 0.25) is 5.13 Å². The molecular weight excluding hydrogens is 304 g/mol. The molecule has 0 aliphatic rings. The Labute approximate surface area is 131 Å². The van der Waals surface area contributed by atoms with E-state index >= 15 is 0 Å². The molecule has 0 spiro atoms. The minimum Gasteiger partial charge on any atom is -0.296 e. The number of amides is 1. The van der Waals surface area contributed by atoms with Gasteiger partial charge in [-0.2, -0.15) is 0 Å². The zero-order chi connectivity index (χ0) is 16.3. The second-order valence-corrected chi connectivity index (χ2v) is 7.06. The second kappa shape index (κ2) is 6.18. The summed E-state index contributed by atoms with van der Waals surface area (Å²) in [4.78, 5) is 22.3. The standard InChI is InChI=1S/C14H16N4O3S/c1-14(2,3)8-11-16-17-13(22-11)15-12(19)9-5-4-6-10(7-9)18(20)21/h4-7H,8H2,1-3H3,(H,15,17,19). The average molecular weight is 320 g/mol. The van der Waals surface area contributed by atoms with Crippen LogP contribution in [0.15, 0.2) is 24.3 Å². The molecule has 116 valence electrons. The maximum atomic E-state index is 12.1. The third kappa shape index (κ3) is 4.32. The smallest absolute Gasteiger partial charge is 0.270 e. The maximum Gasteiger partial charge on any atom is 0.270 e. The number of carbonyl (C=O) groups is 1. The summed E-state index contributed by atoms with van der Waals surface area (Å²) in [7, 11) is 0. The zero-order valence-corrected chi connectivity index (χ0v) is 13.3. The lowest BCUT2D eigenvalue weighted by molar-refractivity contribution is -0.384. The number of nitrogens with one attached hydrogen (secondary N) is 1. The number of carbonyl (C=O) groups excluding carboxylic acids is 1. The third-order valence-electron chi connectivity index (χ3n) is 2.69. The van der Waals surface area contributed by atoms with Gasteiger partial charge in [-0.15, -0.1) is 10.2 Å². The first-order valence-corrected chi connectivity index (χ1v) is 7.44. The Bertz CT molecular complexity index is 706. The van der Waals surface area contributed by atoms with E-state index in [1.54, 1.807) is 0 Å². The Kier molecular flexibility index (Phi) is 4.51. The van der Waals surface area contributed by atoms with Crippen LogP contribution in [-0.4, -0.2) is 21.0 Å². The van der Waals surface area contributed by atoms with Crippen molar-refractivity contribution in [2.24, 2.45) is 5.41 Å². The van der Waals surface area contributed by atoms with Gasteiger partial charge in [0, 0.05) is 24.1 Å². The number of nitro benzene ring substituents is 1. The Hall–Kier alpha value is -2.35. The first-order valence-electron chi connectivity index (χ1n) is 6.63. The van der Waals surface area contributed by atoms with Crippen LogP contribution in [0.1, 0.15) is 36.1 Å². The summed E-state index contributed by atoms with van der Waals surface area (Å²) in [6.07, 6.45) is 0.761. The average Bonchev–Trinajstić information content (AvgIpc) is 2.83. The van der Waals surface area contributed by atoms with Crippen LogP contribution in [-0.2, 0) is 6.42 Å². The van der Waals surface area contributed by atoms with E-state index in [4.69, 9.17) is 0 Å². The van der Waals surface area contributed by atoms with E-state index in [1.807, 2.05) is 0 Å². The molecule has 0 radical (unpaired) electrons. The lowest BCUT2D eigenvalue weighted by Gasteiger charge is -2.14. The minimum absolute atomic E-state index is 0.0842. The molecule has 8 heteroatoms. The Morgan fingerprint density at radius 1 is 1.36 bits per heavy atom. The molecule has 1 amide bonds. The molecule has 0 unspecified atom stereocenters. The summed E-state index contributed by atoms with van der Waals surface area (Å²) in [6, 6.07) is 5.55.